The molecule has 1 fully saturated rings. The Labute approximate surface area is 222 Å². The van der Waals surface area contributed by atoms with Gasteiger partial charge in [-0.1, -0.05) is 12.1 Å². The SMILES string of the molecule is O=C(Cc1nnn[nH]1)N[C@@](CC(=O)c1ccc(C2CC2)s1)(c1ccc(OCCCC(F)(F)F)cc1)C(F)(F)F. The van der Waals surface area contributed by atoms with Crippen molar-refractivity contribution >= 4 is 23.0 Å². The number of alkyl halides is 6. The van der Waals surface area contributed by atoms with Gasteiger partial charge in [0.05, 0.1) is 17.9 Å². The third-order valence-electron chi connectivity index (χ3n) is 6.08. The summed E-state index contributed by atoms with van der Waals surface area (Å²) in [6.45, 7) is -0.300. The van der Waals surface area contributed by atoms with Crippen molar-refractivity contribution in [1.29, 1.82) is 0 Å². The lowest BCUT2D eigenvalue weighted by atomic mass is 9.83. The number of halogens is 6. The highest BCUT2D eigenvalue weighted by molar-refractivity contribution is 7.14. The molecular weight excluding hydrogens is 552 g/mol. The van der Waals surface area contributed by atoms with Crippen LogP contribution in [0.25, 0.3) is 0 Å². The van der Waals surface area contributed by atoms with Crippen LogP contribution in [0.3, 0.4) is 0 Å². The fraction of sp³-hybridized carbons (Fsp3) is 0.458. The zero-order valence-corrected chi connectivity index (χ0v) is 21.1. The number of nitrogens with one attached hydrogen (secondary N) is 2. The summed E-state index contributed by atoms with van der Waals surface area (Å²) in [5.41, 5.74) is -3.57. The van der Waals surface area contributed by atoms with E-state index < -0.39 is 54.4 Å². The Morgan fingerprint density at radius 2 is 1.77 bits per heavy atom. The van der Waals surface area contributed by atoms with Crippen LogP contribution in [-0.2, 0) is 16.8 Å². The number of ketones is 1. The number of amides is 1. The van der Waals surface area contributed by atoms with E-state index in [1.165, 1.54) is 6.07 Å². The number of rotatable bonds is 12. The first kappa shape index (κ1) is 28.5. The number of hydrogen-bond acceptors (Lipinski definition) is 7. The standard InChI is InChI=1S/C24H23F6N5O3S/c25-23(26,27)10-1-11-38-16-6-4-15(5-7-16)22(24(28,29)30,31-21(37)12-20-32-34-35-33-20)13-17(36)19-9-8-18(39-19)14-2-3-14/h4-9,14H,1-3,10-13H2,(H,31,37)(H,32,33,34,35)/t22-/m0/s1. The van der Waals surface area contributed by atoms with Gasteiger partial charge in [-0.05, 0) is 65.4 Å². The van der Waals surface area contributed by atoms with Gasteiger partial charge in [-0.2, -0.15) is 26.3 Å². The molecule has 39 heavy (non-hydrogen) atoms. The van der Waals surface area contributed by atoms with Crippen LogP contribution >= 0.6 is 11.3 Å². The minimum Gasteiger partial charge on any atom is -0.494 e. The molecule has 2 heterocycles. The molecule has 1 saturated carbocycles. The van der Waals surface area contributed by atoms with Crippen LogP contribution < -0.4 is 10.1 Å². The Morgan fingerprint density at radius 1 is 1.05 bits per heavy atom. The third kappa shape index (κ3) is 7.34. The Hall–Kier alpha value is -3.49. The third-order valence-corrected chi connectivity index (χ3v) is 7.37. The number of aromatic nitrogens is 4. The highest BCUT2D eigenvalue weighted by Gasteiger charge is 2.58. The molecule has 0 saturated heterocycles. The molecule has 1 aliphatic carbocycles. The monoisotopic (exact) mass is 575 g/mol. The Bertz CT molecular complexity index is 1270. The summed E-state index contributed by atoms with van der Waals surface area (Å²) < 4.78 is 86.7. The number of ether oxygens (including phenoxy) is 1. The van der Waals surface area contributed by atoms with Crippen molar-refractivity contribution in [2.24, 2.45) is 0 Å². The Morgan fingerprint density at radius 3 is 2.36 bits per heavy atom. The molecule has 210 valence electrons. The van der Waals surface area contributed by atoms with Gasteiger partial charge >= 0.3 is 12.4 Å². The molecule has 15 heteroatoms. The summed E-state index contributed by atoms with van der Waals surface area (Å²) in [6.07, 6.45) is -10.7. The van der Waals surface area contributed by atoms with Crippen LogP contribution in [0, 0.1) is 0 Å². The maximum Gasteiger partial charge on any atom is 0.416 e. The first-order chi connectivity index (χ1) is 18.4. The zero-order valence-electron chi connectivity index (χ0n) is 20.2. The van der Waals surface area contributed by atoms with Crippen LogP contribution in [0.4, 0.5) is 26.3 Å². The molecule has 2 N–H and O–H groups in total. The summed E-state index contributed by atoms with van der Waals surface area (Å²) in [5, 5.41) is 14.4. The number of aromatic amines is 1. The van der Waals surface area contributed by atoms with Gasteiger partial charge in [0.25, 0.3) is 0 Å². The second-order valence-corrected chi connectivity index (χ2v) is 10.3. The van der Waals surface area contributed by atoms with Gasteiger partial charge in [0.2, 0.25) is 5.91 Å². The van der Waals surface area contributed by atoms with Crippen LogP contribution in [0.15, 0.2) is 36.4 Å². The molecule has 1 aromatic carbocycles. The maximum absolute atomic E-state index is 14.8. The quantitative estimate of drug-likeness (QED) is 0.174. The molecular formula is C24H23F6N5O3S. The minimum absolute atomic E-state index is 0.0368. The fourth-order valence-corrected chi connectivity index (χ4v) is 5.07. The van der Waals surface area contributed by atoms with Crippen molar-refractivity contribution in [3.63, 3.8) is 0 Å². The molecule has 0 bridgehead atoms. The number of thiophene rings is 1. The lowest BCUT2D eigenvalue weighted by Crippen LogP contribution is -2.57. The number of carbonyl (C=O) groups excluding carboxylic acids is 2. The molecule has 0 spiro atoms. The zero-order chi connectivity index (χ0) is 28.3. The van der Waals surface area contributed by atoms with E-state index in [0.29, 0.717) is 5.92 Å². The van der Waals surface area contributed by atoms with E-state index in [4.69, 9.17) is 4.74 Å². The molecule has 0 aliphatic heterocycles. The molecule has 1 aliphatic rings. The Balaban J connectivity index is 1.60. The number of H-pyrrole nitrogens is 1. The van der Waals surface area contributed by atoms with Crippen LogP contribution in [0.1, 0.15) is 64.0 Å². The lowest BCUT2D eigenvalue weighted by Gasteiger charge is -2.36. The first-order valence-corrected chi connectivity index (χ1v) is 12.7. The summed E-state index contributed by atoms with van der Waals surface area (Å²) in [6, 6.07) is 7.57. The van der Waals surface area contributed by atoms with E-state index in [2.05, 4.69) is 20.6 Å². The van der Waals surface area contributed by atoms with Crippen molar-refractivity contribution in [3.05, 3.63) is 57.5 Å². The maximum atomic E-state index is 14.8. The number of tetrazole rings is 1. The highest BCUT2D eigenvalue weighted by Crippen LogP contribution is 2.46. The van der Waals surface area contributed by atoms with Gasteiger partial charge in [0.15, 0.2) is 17.1 Å². The van der Waals surface area contributed by atoms with Crippen molar-refractivity contribution < 1.29 is 40.7 Å². The summed E-state index contributed by atoms with van der Waals surface area (Å²) in [7, 11) is 0. The normalized spacial score (nSPS) is 15.5. The van der Waals surface area contributed by atoms with E-state index in [1.54, 1.807) is 6.07 Å². The van der Waals surface area contributed by atoms with E-state index in [0.717, 1.165) is 53.3 Å². The van der Waals surface area contributed by atoms with E-state index in [9.17, 15) is 35.9 Å². The summed E-state index contributed by atoms with van der Waals surface area (Å²) >= 11 is 1.13. The second kappa shape index (κ2) is 11.3. The molecule has 3 aromatic rings. The number of Topliss-reactive ketones (excluding diaryl/α,β-unsaturated/α-hetero) is 1. The molecule has 1 atom stereocenters. The highest BCUT2D eigenvalue weighted by atomic mass is 32.1. The number of carbonyl (C=O) groups is 2. The van der Waals surface area contributed by atoms with Gasteiger partial charge in [-0.25, -0.2) is 5.10 Å². The molecule has 0 unspecified atom stereocenters. The van der Waals surface area contributed by atoms with Gasteiger partial charge in [-0.15, -0.1) is 16.4 Å². The average molecular weight is 576 g/mol. The molecule has 4 rings (SSSR count). The lowest BCUT2D eigenvalue weighted by molar-refractivity contribution is -0.201. The largest absolute Gasteiger partial charge is 0.494 e. The van der Waals surface area contributed by atoms with E-state index >= 15 is 0 Å². The molecule has 0 radical (unpaired) electrons. The smallest absolute Gasteiger partial charge is 0.416 e. The number of benzene rings is 1. The second-order valence-electron chi connectivity index (χ2n) is 9.14. The molecule has 8 nitrogen and oxygen atoms in total. The van der Waals surface area contributed by atoms with Crippen molar-refractivity contribution in [3.8, 4) is 5.75 Å². The topological polar surface area (TPSA) is 110 Å². The van der Waals surface area contributed by atoms with E-state index in [-0.39, 0.29) is 29.5 Å². The predicted octanol–water partition coefficient (Wildman–Crippen LogP) is 5.25. The van der Waals surface area contributed by atoms with Crippen LogP contribution in [0.2, 0.25) is 0 Å². The van der Waals surface area contributed by atoms with Crippen molar-refractivity contribution in [2.45, 2.75) is 62.3 Å². The average Bonchev–Trinajstić information content (AvgIpc) is 3.34. The minimum atomic E-state index is -5.12. The summed E-state index contributed by atoms with van der Waals surface area (Å²) in [4.78, 5) is 27.0. The first-order valence-electron chi connectivity index (χ1n) is 11.9. The number of hydrogen-bond donors (Lipinski definition) is 2. The molecule has 1 amide bonds. The summed E-state index contributed by atoms with van der Waals surface area (Å²) in [5.74, 6) is -1.63. The predicted molar refractivity (Wildman–Crippen MR) is 126 cm³/mol. The van der Waals surface area contributed by atoms with Gasteiger partial charge in [0.1, 0.15) is 5.75 Å². The van der Waals surface area contributed by atoms with Crippen molar-refractivity contribution in [2.75, 3.05) is 6.61 Å². The van der Waals surface area contributed by atoms with Gasteiger partial charge < -0.3 is 10.1 Å². The number of nitrogens with zero attached hydrogens (tertiary/aromatic N) is 3. The van der Waals surface area contributed by atoms with Gasteiger partial charge in [0, 0.05) is 17.7 Å². The van der Waals surface area contributed by atoms with Crippen LogP contribution in [-0.4, -0.2) is 51.3 Å². The van der Waals surface area contributed by atoms with E-state index in [1.807, 2.05) is 5.32 Å². The molecule has 2 aromatic heterocycles. The van der Waals surface area contributed by atoms with Crippen molar-refractivity contribution in [1.82, 2.24) is 25.9 Å². The Kier molecular flexibility index (Phi) is 8.28. The van der Waals surface area contributed by atoms with Crippen LogP contribution in [0.5, 0.6) is 5.75 Å². The van der Waals surface area contributed by atoms with Gasteiger partial charge in [-0.3, -0.25) is 9.59 Å². The fourth-order valence-electron chi connectivity index (χ4n) is 3.96.